The third-order valence-corrected chi connectivity index (χ3v) is 6.12. The van der Waals surface area contributed by atoms with Crippen molar-refractivity contribution in [3.05, 3.63) is 78.4 Å². The van der Waals surface area contributed by atoms with Crippen molar-refractivity contribution in [1.29, 1.82) is 0 Å². The van der Waals surface area contributed by atoms with Gasteiger partial charge in [0.05, 0.1) is 4.90 Å². The Morgan fingerprint density at radius 3 is 2.45 bits per heavy atom. The molecule has 31 heavy (non-hydrogen) atoms. The molecule has 0 radical (unpaired) electrons. The fourth-order valence-electron chi connectivity index (χ4n) is 2.91. The highest BCUT2D eigenvalue weighted by Gasteiger charge is 2.12. The summed E-state index contributed by atoms with van der Waals surface area (Å²) in [6, 6.07) is 20.0. The number of thiocarbonyl (C=S) groups is 1. The lowest BCUT2D eigenvalue weighted by atomic mass is 10.0. The Balaban J connectivity index is 1.59. The Morgan fingerprint density at radius 2 is 1.71 bits per heavy atom. The van der Waals surface area contributed by atoms with Crippen LogP contribution in [0.1, 0.15) is 18.9 Å². The van der Waals surface area contributed by atoms with E-state index in [0.717, 1.165) is 16.3 Å². The summed E-state index contributed by atoms with van der Waals surface area (Å²) >= 11 is 5.18. The number of carbonyl (C=O) groups excluding carboxylic acids is 1. The predicted molar refractivity (Wildman–Crippen MR) is 129 cm³/mol. The predicted octanol–water partition coefficient (Wildman–Crippen LogP) is 4.05. The van der Waals surface area contributed by atoms with Gasteiger partial charge in [-0.15, -0.1) is 0 Å². The minimum atomic E-state index is -3.53. The van der Waals surface area contributed by atoms with E-state index in [1.54, 1.807) is 18.2 Å². The molecule has 3 aromatic carbocycles. The first kappa shape index (κ1) is 22.6. The van der Waals surface area contributed by atoms with Crippen molar-refractivity contribution in [3.63, 3.8) is 0 Å². The standard InChI is InChI=1S/C23H23N3O3S2/c1-2-16-24-31(28,29)20-13-11-19(12-14-20)25-23(30)26-22(27)15-10-18-8-5-7-17-6-3-4-9-21(17)18/h3-15,24H,2,16H2,1H3,(H2,25,26,27,30). The molecule has 0 aliphatic heterocycles. The van der Waals surface area contributed by atoms with Crippen molar-refractivity contribution in [1.82, 2.24) is 10.0 Å². The molecule has 1 amide bonds. The maximum Gasteiger partial charge on any atom is 0.250 e. The summed E-state index contributed by atoms with van der Waals surface area (Å²) < 4.78 is 26.7. The van der Waals surface area contributed by atoms with Gasteiger partial charge in [0.1, 0.15) is 0 Å². The number of fused-ring (bicyclic) bond motifs is 1. The summed E-state index contributed by atoms with van der Waals surface area (Å²) in [6.45, 7) is 2.27. The van der Waals surface area contributed by atoms with E-state index in [4.69, 9.17) is 12.2 Å². The average Bonchev–Trinajstić information content (AvgIpc) is 2.76. The van der Waals surface area contributed by atoms with Crippen LogP contribution >= 0.6 is 12.2 Å². The van der Waals surface area contributed by atoms with Gasteiger partial charge in [-0.05, 0) is 65.3 Å². The van der Waals surface area contributed by atoms with Gasteiger partial charge in [0, 0.05) is 18.3 Å². The summed E-state index contributed by atoms with van der Waals surface area (Å²) in [6.07, 6.45) is 3.87. The summed E-state index contributed by atoms with van der Waals surface area (Å²) in [4.78, 5) is 12.4. The van der Waals surface area contributed by atoms with Gasteiger partial charge in [-0.2, -0.15) is 0 Å². The van der Waals surface area contributed by atoms with E-state index < -0.39 is 10.0 Å². The van der Waals surface area contributed by atoms with Crippen LogP contribution in [-0.4, -0.2) is 26.0 Å². The van der Waals surface area contributed by atoms with Crippen LogP contribution in [0.3, 0.4) is 0 Å². The number of hydrogen-bond donors (Lipinski definition) is 3. The molecule has 0 bridgehead atoms. The number of benzene rings is 3. The van der Waals surface area contributed by atoms with Gasteiger partial charge in [-0.25, -0.2) is 13.1 Å². The van der Waals surface area contributed by atoms with Crippen LogP contribution in [0.5, 0.6) is 0 Å². The second-order valence-electron chi connectivity index (χ2n) is 6.77. The normalized spacial score (nSPS) is 11.5. The van der Waals surface area contributed by atoms with Gasteiger partial charge in [0.25, 0.3) is 0 Å². The van der Waals surface area contributed by atoms with Gasteiger partial charge < -0.3 is 5.32 Å². The molecule has 0 aliphatic rings. The van der Waals surface area contributed by atoms with Crippen LogP contribution in [-0.2, 0) is 14.8 Å². The van der Waals surface area contributed by atoms with E-state index in [0.29, 0.717) is 18.7 Å². The Hall–Kier alpha value is -3.07. The van der Waals surface area contributed by atoms with Gasteiger partial charge in [0.15, 0.2) is 5.11 Å². The van der Waals surface area contributed by atoms with E-state index in [2.05, 4.69) is 15.4 Å². The van der Waals surface area contributed by atoms with E-state index in [-0.39, 0.29) is 15.9 Å². The molecule has 0 spiro atoms. The van der Waals surface area contributed by atoms with Crippen molar-refractivity contribution in [2.24, 2.45) is 0 Å². The van der Waals surface area contributed by atoms with Gasteiger partial charge in [0.2, 0.25) is 15.9 Å². The highest BCUT2D eigenvalue weighted by atomic mass is 32.2. The molecule has 0 atom stereocenters. The number of carbonyl (C=O) groups is 1. The van der Waals surface area contributed by atoms with Crippen molar-refractivity contribution in [2.45, 2.75) is 18.2 Å². The van der Waals surface area contributed by atoms with Crippen molar-refractivity contribution >= 4 is 55.8 Å². The Labute approximate surface area is 187 Å². The zero-order valence-electron chi connectivity index (χ0n) is 17.0. The third-order valence-electron chi connectivity index (χ3n) is 4.44. The minimum absolute atomic E-state index is 0.118. The van der Waals surface area contributed by atoms with Crippen LogP contribution in [0.15, 0.2) is 77.7 Å². The molecule has 0 aromatic heterocycles. The maximum atomic E-state index is 12.2. The quantitative estimate of drug-likeness (QED) is 0.371. The largest absolute Gasteiger partial charge is 0.332 e. The van der Waals surface area contributed by atoms with Crippen LogP contribution in [0.4, 0.5) is 5.69 Å². The maximum absolute atomic E-state index is 12.2. The number of anilines is 1. The van der Waals surface area contributed by atoms with E-state index in [1.165, 1.54) is 18.2 Å². The molecule has 0 unspecified atom stereocenters. The van der Waals surface area contributed by atoms with Crippen LogP contribution in [0.25, 0.3) is 16.8 Å². The lowest BCUT2D eigenvalue weighted by Crippen LogP contribution is -2.32. The molecule has 0 aliphatic carbocycles. The second kappa shape index (κ2) is 10.3. The lowest BCUT2D eigenvalue weighted by molar-refractivity contribution is -0.115. The number of sulfonamides is 1. The summed E-state index contributed by atoms with van der Waals surface area (Å²) in [7, 11) is -3.53. The smallest absolute Gasteiger partial charge is 0.250 e. The molecule has 3 aromatic rings. The molecule has 3 N–H and O–H groups in total. The Bertz CT molecular complexity index is 1220. The fraction of sp³-hybridized carbons (Fsp3) is 0.130. The van der Waals surface area contributed by atoms with Crippen molar-refractivity contribution in [3.8, 4) is 0 Å². The van der Waals surface area contributed by atoms with E-state index >= 15 is 0 Å². The summed E-state index contributed by atoms with van der Waals surface area (Å²) in [5, 5.41) is 7.72. The first-order valence-electron chi connectivity index (χ1n) is 9.76. The summed E-state index contributed by atoms with van der Waals surface area (Å²) in [5.74, 6) is -0.367. The third kappa shape index (κ3) is 6.21. The Kier molecular flexibility index (Phi) is 7.51. The second-order valence-corrected chi connectivity index (χ2v) is 8.94. The van der Waals surface area contributed by atoms with Gasteiger partial charge in [-0.1, -0.05) is 49.4 Å². The zero-order chi connectivity index (χ0) is 22.3. The fourth-order valence-corrected chi connectivity index (χ4v) is 4.27. The highest BCUT2D eigenvalue weighted by Crippen LogP contribution is 2.19. The molecule has 0 saturated heterocycles. The molecular formula is C23H23N3O3S2. The number of amides is 1. The SMILES string of the molecule is CCCNS(=O)(=O)c1ccc(NC(=S)NC(=O)C=Cc2cccc3ccccc23)cc1. The number of rotatable bonds is 7. The highest BCUT2D eigenvalue weighted by molar-refractivity contribution is 7.89. The topological polar surface area (TPSA) is 87.3 Å². The van der Waals surface area contributed by atoms with Gasteiger partial charge in [-0.3, -0.25) is 10.1 Å². The van der Waals surface area contributed by atoms with E-state index in [1.807, 2.05) is 49.4 Å². The molecule has 6 nitrogen and oxygen atoms in total. The molecule has 0 heterocycles. The van der Waals surface area contributed by atoms with Crippen LogP contribution in [0, 0.1) is 0 Å². The first-order valence-corrected chi connectivity index (χ1v) is 11.7. The monoisotopic (exact) mass is 453 g/mol. The number of hydrogen-bond acceptors (Lipinski definition) is 4. The summed E-state index contributed by atoms with van der Waals surface area (Å²) in [5.41, 5.74) is 1.50. The van der Waals surface area contributed by atoms with Crippen molar-refractivity contribution in [2.75, 3.05) is 11.9 Å². The minimum Gasteiger partial charge on any atom is -0.332 e. The van der Waals surface area contributed by atoms with Crippen LogP contribution < -0.4 is 15.4 Å². The Morgan fingerprint density at radius 1 is 1.00 bits per heavy atom. The molecule has 8 heteroatoms. The number of nitrogens with one attached hydrogen (secondary N) is 3. The first-order chi connectivity index (χ1) is 14.9. The molecule has 160 valence electrons. The molecule has 3 rings (SSSR count). The molecule has 0 fully saturated rings. The molecule has 0 saturated carbocycles. The van der Waals surface area contributed by atoms with E-state index in [9.17, 15) is 13.2 Å². The lowest BCUT2D eigenvalue weighted by Gasteiger charge is -2.10. The zero-order valence-corrected chi connectivity index (χ0v) is 18.6. The molecular weight excluding hydrogens is 430 g/mol. The average molecular weight is 454 g/mol. The van der Waals surface area contributed by atoms with Gasteiger partial charge >= 0.3 is 0 Å². The van der Waals surface area contributed by atoms with Crippen LogP contribution in [0.2, 0.25) is 0 Å². The van der Waals surface area contributed by atoms with Crippen molar-refractivity contribution < 1.29 is 13.2 Å².